The van der Waals surface area contributed by atoms with Crippen LogP contribution >= 0.6 is 0 Å². The Labute approximate surface area is 115 Å². The second kappa shape index (κ2) is 7.48. The van der Waals surface area contributed by atoms with Crippen LogP contribution in [0.2, 0.25) is 0 Å². The van der Waals surface area contributed by atoms with Crippen LogP contribution in [-0.2, 0) is 14.3 Å². The van der Waals surface area contributed by atoms with Crippen LogP contribution in [0.1, 0.15) is 40.5 Å². The first-order chi connectivity index (χ1) is 8.95. The number of carbonyl (C=O) groups is 2. The standard InChI is InChI=1S/C14H26N2O3/c1-5-19-14(18)12-6-8-16(9-7-12)11(4)13(17)15-10(2)3/h10-12H,5-9H2,1-4H3,(H,15,17). The van der Waals surface area contributed by atoms with Gasteiger partial charge in [0.05, 0.1) is 18.6 Å². The monoisotopic (exact) mass is 270 g/mol. The SMILES string of the molecule is CCOC(=O)C1CCN(C(C)C(=O)NC(C)C)CC1. The molecule has 0 radical (unpaired) electrons. The van der Waals surface area contributed by atoms with Gasteiger partial charge in [-0.1, -0.05) is 0 Å². The summed E-state index contributed by atoms with van der Waals surface area (Å²) < 4.78 is 5.04. The highest BCUT2D eigenvalue weighted by atomic mass is 16.5. The van der Waals surface area contributed by atoms with Crippen molar-refractivity contribution in [2.24, 2.45) is 5.92 Å². The molecular weight excluding hydrogens is 244 g/mol. The molecule has 0 saturated carbocycles. The summed E-state index contributed by atoms with van der Waals surface area (Å²) in [7, 11) is 0. The van der Waals surface area contributed by atoms with E-state index in [1.165, 1.54) is 0 Å². The van der Waals surface area contributed by atoms with Crippen LogP contribution in [0.25, 0.3) is 0 Å². The summed E-state index contributed by atoms with van der Waals surface area (Å²) in [6.07, 6.45) is 1.55. The molecule has 19 heavy (non-hydrogen) atoms. The van der Waals surface area contributed by atoms with Crippen LogP contribution in [0, 0.1) is 5.92 Å². The number of piperidine rings is 1. The lowest BCUT2D eigenvalue weighted by molar-refractivity contribution is -0.149. The van der Waals surface area contributed by atoms with E-state index in [9.17, 15) is 9.59 Å². The van der Waals surface area contributed by atoms with Crippen LogP contribution in [-0.4, -0.2) is 48.6 Å². The van der Waals surface area contributed by atoms with Crippen molar-refractivity contribution in [3.05, 3.63) is 0 Å². The zero-order valence-corrected chi connectivity index (χ0v) is 12.4. The molecule has 0 aliphatic carbocycles. The van der Waals surface area contributed by atoms with Crippen LogP contribution in [0.15, 0.2) is 0 Å². The number of carbonyl (C=O) groups excluding carboxylic acids is 2. The summed E-state index contributed by atoms with van der Waals surface area (Å²) in [4.78, 5) is 25.7. The Bertz CT molecular complexity index is 310. The third-order valence-corrected chi connectivity index (χ3v) is 3.51. The van der Waals surface area contributed by atoms with Gasteiger partial charge < -0.3 is 10.1 Å². The van der Waals surface area contributed by atoms with E-state index >= 15 is 0 Å². The Morgan fingerprint density at radius 1 is 1.26 bits per heavy atom. The molecule has 5 heteroatoms. The molecule has 1 N–H and O–H groups in total. The van der Waals surface area contributed by atoms with Gasteiger partial charge in [0.1, 0.15) is 0 Å². The molecule has 1 aliphatic heterocycles. The minimum Gasteiger partial charge on any atom is -0.466 e. The molecule has 1 rings (SSSR count). The van der Waals surface area contributed by atoms with Gasteiger partial charge in [-0.05, 0) is 53.6 Å². The first-order valence-corrected chi connectivity index (χ1v) is 7.16. The molecular formula is C14H26N2O3. The van der Waals surface area contributed by atoms with Crippen molar-refractivity contribution in [1.29, 1.82) is 0 Å². The van der Waals surface area contributed by atoms with Gasteiger partial charge in [-0.15, -0.1) is 0 Å². The van der Waals surface area contributed by atoms with E-state index in [1.807, 2.05) is 27.7 Å². The maximum absolute atomic E-state index is 11.9. The fourth-order valence-electron chi connectivity index (χ4n) is 2.35. The van der Waals surface area contributed by atoms with Gasteiger partial charge in [0, 0.05) is 6.04 Å². The first-order valence-electron chi connectivity index (χ1n) is 7.16. The fraction of sp³-hybridized carbons (Fsp3) is 0.857. The van der Waals surface area contributed by atoms with Gasteiger partial charge in [-0.2, -0.15) is 0 Å². The van der Waals surface area contributed by atoms with Crippen molar-refractivity contribution in [2.75, 3.05) is 19.7 Å². The third-order valence-electron chi connectivity index (χ3n) is 3.51. The molecule has 0 bridgehead atoms. The molecule has 110 valence electrons. The number of amides is 1. The number of hydrogen-bond acceptors (Lipinski definition) is 4. The lowest BCUT2D eigenvalue weighted by Crippen LogP contribution is -2.50. The molecule has 5 nitrogen and oxygen atoms in total. The lowest BCUT2D eigenvalue weighted by atomic mass is 9.96. The zero-order valence-electron chi connectivity index (χ0n) is 12.4. The number of rotatable bonds is 5. The fourth-order valence-corrected chi connectivity index (χ4v) is 2.35. The molecule has 1 amide bonds. The average Bonchev–Trinajstić information content (AvgIpc) is 2.37. The van der Waals surface area contributed by atoms with E-state index < -0.39 is 0 Å². The molecule has 1 atom stereocenters. The highest BCUT2D eigenvalue weighted by Crippen LogP contribution is 2.20. The Kier molecular flexibility index (Phi) is 6.28. The molecule has 0 aromatic rings. The van der Waals surface area contributed by atoms with Crippen molar-refractivity contribution in [3.63, 3.8) is 0 Å². The number of ether oxygens (including phenoxy) is 1. The maximum atomic E-state index is 11.9. The average molecular weight is 270 g/mol. The molecule has 0 aromatic carbocycles. The largest absolute Gasteiger partial charge is 0.466 e. The van der Waals surface area contributed by atoms with E-state index in [1.54, 1.807) is 0 Å². The molecule has 1 heterocycles. The summed E-state index contributed by atoms with van der Waals surface area (Å²) in [6, 6.07) is 0.0255. The molecule has 1 aliphatic rings. The summed E-state index contributed by atoms with van der Waals surface area (Å²) in [5.41, 5.74) is 0. The predicted molar refractivity (Wildman–Crippen MR) is 73.7 cm³/mol. The van der Waals surface area contributed by atoms with Crippen LogP contribution in [0.3, 0.4) is 0 Å². The zero-order chi connectivity index (χ0) is 14.4. The van der Waals surface area contributed by atoms with Gasteiger partial charge in [-0.25, -0.2) is 0 Å². The van der Waals surface area contributed by atoms with Crippen molar-refractivity contribution < 1.29 is 14.3 Å². The highest BCUT2D eigenvalue weighted by molar-refractivity contribution is 5.81. The summed E-state index contributed by atoms with van der Waals surface area (Å²) >= 11 is 0. The number of nitrogens with one attached hydrogen (secondary N) is 1. The minimum absolute atomic E-state index is 0.00319. The first kappa shape index (κ1) is 16.0. The molecule has 1 fully saturated rings. The minimum atomic E-state index is -0.134. The lowest BCUT2D eigenvalue weighted by Gasteiger charge is -2.34. The number of likely N-dealkylation sites (tertiary alicyclic amines) is 1. The highest BCUT2D eigenvalue weighted by Gasteiger charge is 2.30. The second-order valence-corrected chi connectivity index (χ2v) is 5.40. The van der Waals surface area contributed by atoms with E-state index in [0.717, 1.165) is 25.9 Å². The second-order valence-electron chi connectivity index (χ2n) is 5.40. The van der Waals surface area contributed by atoms with Crippen molar-refractivity contribution in [3.8, 4) is 0 Å². The normalized spacial score (nSPS) is 19.2. The maximum Gasteiger partial charge on any atom is 0.309 e. The predicted octanol–water partition coefficient (Wildman–Crippen LogP) is 1.17. The molecule has 0 spiro atoms. The Balaban J connectivity index is 2.40. The Morgan fingerprint density at radius 3 is 2.32 bits per heavy atom. The quantitative estimate of drug-likeness (QED) is 0.762. The van der Waals surface area contributed by atoms with E-state index in [2.05, 4.69) is 10.2 Å². The van der Waals surface area contributed by atoms with Crippen LogP contribution < -0.4 is 5.32 Å². The molecule has 0 aromatic heterocycles. The Hall–Kier alpha value is -1.10. The van der Waals surface area contributed by atoms with E-state index in [-0.39, 0.29) is 29.9 Å². The third kappa shape index (κ3) is 4.82. The molecule has 1 saturated heterocycles. The Morgan fingerprint density at radius 2 is 1.84 bits per heavy atom. The smallest absolute Gasteiger partial charge is 0.309 e. The van der Waals surface area contributed by atoms with Gasteiger partial charge in [-0.3, -0.25) is 14.5 Å². The summed E-state index contributed by atoms with van der Waals surface area (Å²) in [5.74, 6) is -0.0393. The van der Waals surface area contributed by atoms with Crippen molar-refractivity contribution >= 4 is 11.9 Å². The number of nitrogens with zero attached hydrogens (tertiary/aromatic N) is 1. The van der Waals surface area contributed by atoms with Gasteiger partial charge >= 0.3 is 5.97 Å². The van der Waals surface area contributed by atoms with E-state index in [0.29, 0.717) is 6.61 Å². The van der Waals surface area contributed by atoms with Crippen molar-refractivity contribution in [2.45, 2.75) is 52.6 Å². The number of hydrogen-bond donors (Lipinski definition) is 1. The van der Waals surface area contributed by atoms with Gasteiger partial charge in [0.15, 0.2) is 0 Å². The summed E-state index contributed by atoms with van der Waals surface area (Å²) in [5, 5.41) is 2.92. The van der Waals surface area contributed by atoms with E-state index in [4.69, 9.17) is 4.74 Å². The van der Waals surface area contributed by atoms with Gasteiger partial charge in [0.25, 0.3) is 0 Å². The molecule has 1 unspecified atom stereocenters. The topological polar surface area (TPSA) is 58.6 Å². The van der Waals surface area contributed by atoms with Crippen molar-refractivity contribution in [1.82, 2.24) is 10.2 Å². The summed E-state index contributed by atoms with van der Waals surface area (Å²) in [6.45, 7) is 9.64. The van der Waals surface area contributed by atoms with Crippen LogP contribution in [0.4, 0.5) is 0 Å². The van der Waals surface area contributed by atoms with Crippen LogP contribution in [0.5, 0.6) is 0 Å². The number of esters is 1. The van der Waals surface area contributed by atoms with Gasteiger partial charge in [0.2, 0.25) is 5.91 Å².